The zero-order valence-electron chi connectivity index (χ0n) is 13.8. The van der Waals surface area contributed by atoms with E-state index < -0.39 is 16.0 Å². The van der Waals surface area contributed by atoms with E-state index in [4.69, 9.17) is 0 Å². The Kier molecular flexibility index (Phi) is 3.73. The van der Waals surface area contributed by atoms with Crippen molar-refractivity contribution < 1.29 is 18.0 Å². The number of carbonyl (C=O) groups is 1. The number of fused-ring (bicyclic) bond motifs is 1. The molecule has 2 aromatic carbocycles. The summed E-state index contributed by atoms with van der Waals surface area (Å²) in [5.74, 6) is -0.551. The highest BCUT2D eigenvalue weighted by Crippen LogP contribution is 2.28. The second-order valence-electron chi connectivity index (χ2n) is 5.83. The molecule has 7 heteroatoms. The van der Waals surface area contributed by atoms with E-state index in [0.717, 1.165) is 0 Å². The normalized spacial score (nSPS) is 16.1. The van der Waals surface area contributed by atoms with Crippen LogP contribution in [0.2, 0.25) is 0 Å². The number of rotatable bonds is 3. The highest BCUT2D eigenvalue weighted by Gasteiger charge is 2.24. The van der Waals surface area contributed by atoms with Gasteiger partial charge in [0.25, 0.3) is 10.0 Å². The lowest BCUT2D eigenvalue weighted by atomic mass is 10.1. The van der Waals surface area contributed by atoms with Gasteiger partial charge in [-0.05, 0) is 31.2 Å². The zero-order chi connectivity index (χ0) is 18.3. The topological polar surface area (TPSA) is 77.7 Å². The van der Waals surface area contributed by atoms with Crippen molar-refractivity contribution >= 4 is 38.7 Å². The van der Waals surface area contributed by atoms with Crippen LogP contribution < -0.4 is 0 Å². The molecule has 26 heavy (non-hydrogen) atoms. The van der Waals surface area contributed by atoms with E-state index in [1.807, 2.05) is 12.1 Å². The summed E-state index contributed by atoms with van der Waals surface area (Å²) in [6.07, 6.45) is 3.12. The van der Waals surface area contributed by atoms with Gasteiger partial charge in [0.2, 0.25) is 0 Å². The maximum Gasteiger partial charge on any atom is 0.367 e. The Morgan fingerprint density at radius 3 is 2.42 bits per heavy atom. The van der Waals surface area contributed by atoms with E-state index in [-0.39, 0.29) is 4.90 Å². The standard InChI is InChI=1S/C19H14N2O4S/c1-13-17(19(22)25-20-13)11-14-12-21(18-10-6-5-9-16(14)18)26(23,24)15-7-3-2-4-8-15/h2-12H,1H3. The Balaban J connectivity index is 1.95. The first-order chi connectivity index (χ1) is 12.5. The maximum atomic E-state index is 13.1. The molecule has 3 aromatic rings. The van der Waals surface area contributed by atoms with Crippen molar-refractivity contribution in [1.82, 2.24) is 3.97 Å². The van der Waals surface area contributed by atoms with E-state index in [1.54, 1.807) is 55.5 Å². The lowest BCUT2D eigenvalue weighted by Crippen LogP contribution is -2.11. The molecule has 0 amide bonds. The van der Waals surface area contributed by atoms with Gasteiger partial charge in [-0.25, -0.2) is 17.2 Å². The van der Waals surface area contributed by atoms with Gasteiger partial charge in [0.15, 0.2) is 0 Å². The number of nitrogens with zero attached hydrogens (tertiary/aromatic N) is 2. The van der Waals surface area contributed by atoms with Crippen molar-refractivity contribution in [2.45, 2.75) is 11.8 Å². The zero-order valence-corrected chi connectivity index (χ0v) is 14.6. The summed E-state index contributed by atoms with van der Waals surface area (Å²) in [5.41, 5.74) is 1.90. The van der Waals surface area contributed by atoms with Crippen LogP contribution >= 0.6 is 0 Å². The fraction of sp³-hybridized carbons (Fsp3) is 0.0526. The first-order valence-corrected chi connectivity index (χ1v) is 9.31. The summed E-state index contributed by atoms with van der Waals surface area (Å²) in [5, 5.41) is 4.37. The van der Waals surface area contributed by atoms with E-state index in [0.29, 0.717) is 27.8 Å². The Hall–Kier alpha value is -3.19. The molecule has 130 valence electrons. The minimum Gasteiger partial charge on any atom is -0.312 e. The molecule has 0 saturated heterocycles. The van der Waals surface area contributed by atoms with Crippen LogP contribution in [0.25, 0.3) is 17.0 Å². The van der Waals surface area contributed by atoms with Gasteiger partial charge in [-0.15, -0.1) is 0 Å². The molecule has 6 nitrogen and oxygen atoms in total. The van der Waals surface area contributed by atoms with Crippen LogP contribution in [0.15, 0.2) is 76.4 Å². The lowest BCUT2D eigenvalue weighted by molar-refractivity contribution is -0.136. The summed E-state index contributed by atoms with van der Waals surface area (Å²) < 4.78 is 27.3. The third-order valence-corrected chi connectivity index (χ3v) is 5.87. The quantitative estimate of drug-likeness (QED) is 0.527. The van der Waals surface area contributed by atoms with Crippen molar-refractivity contribution in [3.05, 3.63) is 71.9 Å². The molecule has 1 aliphatic heterocycles. The molecule has 2 heterocycles. The van der Waals surface area contributed by atoms with Crippen molar-refractivity contribution in [1.29, 1.82) is 0 Å². The fourth-order valence-corrected chi connectivity index (χ4v) is 4.27. The molecule has 0 unspecified atom stereocenters. The second-order valence-corrected chi connectivity index (χ2v) is 7.64. The highest BCUT2D eigenvalue weighted by molar-refractivity contribution is 7.90. The van der Waals surface area contributed by atoms with Crippen molar-refractivity contribution in [2.75, 3.05) is 0 Å². The average molecular weight is 366 g/mol. The van der Waals surface area contributed by atoms with Gasteiger partial charge >= 0.3 is 5.97 Å². The van der Waals surface area contributed by atoms with Gasteiger partial charge in [-0.3, -0.25) is 0 Å². The average Bonchev–Trinajstić information content (AvgIpc) is 3.18. The molecule has 1 aromatic heterocycles. The van der Waals surface area contributed by atoms with Crippen LogP contribution in [0.1, 0.15) is 12.5 Å². The molecule has 4 rings (SSSR count). The number of para-hydroxylation sites is 1. The number of benzene rings is 2. The van der Waals surface area contributed by atoms with E-state index in [2.05, 4.69) is 9.99 Å². The van der Waals surface area contributed by atoms with Gasteiger partial charge < -0.3 is 4.84 Å². The van der Waals surface area contributed by atoms with Crippen LogP contribution in [-0.4, -0.2) is 24.1 Å². The SMILES string of the molecule is CC1=NOC(=O)C1=Cc1cn(S(=O)(=O)c2ccccc2)c2ccccc12. The molecule has 0 saturated carbocycles. The van der Waals surface area contributed by atoms with Gasteiger partial charge in [0, 0.05) is 17.1 Å². The third-order valence-electron chi connectivity index (χ3n) is 4.18. The predicted molar refractivity (Wildman–Crippen MR) is 98.1 cm³/mol. The molecule has 0 aliphatic carbocycles. The van der Waals surface area contributed by atoms with Crippen LogP contribution in [0.3, 0.4) is 0 Å². The van der Waals surface area contributed by atoms with Crippen LogP contribution in [0.4, 0.5) is 0 Å². The molecule has 0 spiro atoms. The summed E-state index contributed by atoms with van der Waals surface area (Å²) in [7, 11) is -3.76. The molecule has 1 aliphatic rings. The smallest absolute Gasteiger partial charge is 0.312 e. The fourth-order valence-electron chi connectivity index (χ4n) is 2.87. The van der Waals surface area contributed by atoms with E-state index in [1.165, 1.54) is 10.2 Å². The Labute approximate surface area is 150 Å². The number of hydrogen-bond acceptors (Lipinski definition) is 5. The van der Waals surface area contributed by atoms with Crippen molar-refractivity contribution in [3.8, 4) is 0 Å². The van der Waals surface area contributed by atoms with Gasteiger partial charge in [0.1, 0.15) is 0 Å². The number of aromatic nitrogens is 1. The molecule has 0 bridgehead atoms. The maximum absolute atomic E-state index is 13.1. The minimum atomic E-state index is -3.76. The lowest BCUT2D eigenvalue weighted by Gasteiger charge is -2.07. The van der Waals surface area contributed by atoms with Crippen LogP contribution in [0, 0.1) is 0 Å². The van der Waals surface area contributed by atoms with Crippen LogP contribution in [-0.2, 0) is 19.7 Å². The number of oxime groups is 1. The second kappa shape index (κ2) is 5.96. The molecule has 0 radical (unpaired) electrons. The molecule has 0 N–H and O–H groups in total. The molecular formula is C19H14N2O4S. The summed E-state index contributed by atoms with van der Waals surface area (Å²) in [6.45, 7) is 1.66. The molecule has 0 fully saturated rings. The number of hydrogen-bond donors (Lipinski definition) is 0. The predicted octanol–water partition coefficient (Wildman–Crippen LogP) is 3.19. The molecular weight excluding hydrogens is 352 g/mol. The highest BCUT2D eigenvalue weighted by atomic mass is 32.2. The summed E-state index contributed by atoms with van der Waals surface area (Å²) in [4.78, 5) is 16.7. The van der Waals surface area contributed by atoms with Crippen molar-refractivity contribution in [3.63, 3.8) is 0 Å². The van der Waals surface area contributed by atoms with Crippen LogP contribution in [0.5, 0.6) is 0 Å². The van der Waals surface area contributed by atoms with Gasteiger partial charge in [-0.1, -0.05) is 41.6 Å². The summed E-state index contributed by atoms with van der Waals surface area (Å²) >= 11 is 0. The first kappa shape index (κ1) is 16.3. The largest absolute Gasteiger partial charge is 0.367 e. The summed E-state index contributed by atoms with van der Waals surface area (Å²) in [6, 6.07) is 15.3. The van der Waals surface area contributed by atoms with E-state index in [9.17, 15) is 13.2 Å². The Morgan fingerprint density at radius 1 is 1.04 bits per heavy atom. The minimum absolute atomic E-state index is 0.193. The monoisotopic (exact) mass is 366 g/mol. The Morgan fingerprint density at radius 2 is 1.73 bits per heavy atom. The first-order valence-electron chi connectivity index (χ1n) is 7.87. The third kappa shape index (κ3) is 2.53. The Bertz CT molecular complexity index is 1190. The van der Waals surface area contributed by atoms with Gasteiger partial charge in [-0.2, -0.15) is 0 Å². The van der Waals surface area contributed by atoms with Gasteiger partial charge in [0.05, 0.1) is 21.7 Å². The number of carbonyl (C=O) groups excluding carboxylic acids is 1. The van der Waals surface area contributed by atoms with E-state index >= 15 is 0 Å². The molecule has 0 atom stereocenters. The van der Waals surface area contributed by atoms with Crippen molar-refractivity contribution in [2.24, 2.45) is 5.16 Å².